The summed E-state index contributed by atoms with van der Waals surface area (Å²) in [4.78, 5) is 6.91. The zero-order chi connectivity index (χ0) is 43.0. The number of anilines is 2. The monoisotopic (exact) mass is 856 g/mol. The Balaban J connectivity index is 0.842. The lowest BCUT2D eigenvalue weighted by molar-refractivity contribution is -0.888. The number of quaternary nitrogens is 1. The van der Waals surface area contributed by atoms with Crippen LogP contribution < -0.4 is 14.4 Å². The van der Waals surface area contributed by atoms with Gasteiger partial charge in [-0.05, 0) is 84.8 Å². The SMILES string of the molecule is CN(CCCC[N+]1=CCCC=C1C=Cc1ccc(N(C)C)c2ccccc12)CCSSCC[N+](C)(C)CCCC[n+]1ccccc1C=Cc1ccc(N(C)C)c2ccccc12. The van der Waals surface area contributed by atoms with Crippen molar-refractivity contribution in [1.82, 2.24) is 4.90 Å². The normalized spacial score (nSPS) is 13.5. The first kappa shape index (κ1) is 46.2. The molecule has 0 atom stereocenters. The molecule has 61 heavy (non-hydrogen) atoms. The molecule has 6 nitrogen and oxygen atoms in total. The molecule has 0 saturated heterocycles. The predicted octanol–water partition coefficient (Wildman–Crippen LogP) is 11.0. The number of fused-ring (bicyclic) bond motifs is 2. The topological polar surface area (TPSA) is 16.6 Å². The third kappa shape index (κ3) is 13.6. The molecule has 0 fully saturated rings. The molecule has 2 heterocycles. The molecule has 1 aliphatic rings. The molecule has 0 saturated carbocycles. The molecular weight excluding hydrogens is 785 g/mol. The Morgan fingerprint density at radius 3 is 1.85 bits per heavy atom. The van der Waals surface area contributed by atoms with Crippen LogP contribution in [0.3, 0.4) is 0 Å². The summed E-state index contributed by atoms with van der Waals surface area (Å²) in [6.07, 6.45) is 23.3. The summed E-state index contributed by atoms with van der Waals surface area (Å²) in [5.74, 6) is 2.38. The fraction of sp³-hybridized carbons (Fsp3) is 0.396. The van der Waals surface area contributed by atoms with Crippen LogP contribution in [-0.2, 0) is 6.54 Å². The summed E-state index contributed by atoms with van der Waals surface area (Å²) in [5.41, 5.74) is 7.62. The van der Waals surface area contributed by atoms with E-state index in [1.165, 1.54) is 106 Å². The Hall–Kier alpha value is -4.34. The largest absolute Gasteiger partial charge is 0.377 e. The Labute approximate surface area is 375 Å². The van der Waals surface area contributed by atoms with Crippen molar-refractivity contribution < 1.29 is 13.6 Å². The Bertz CT molecular complexity index is 2310. The highest BCUT2D eigenvalue weighted by atomic mass is 33.1. The lowest BCUT2D eigenvalue weighted by atomic mass is 10.0. The van der Waals surface area contributed by atoms with Crippen molar-refractivity contribution in [3.8, 4) is 0 Å². The number of unbranched alkanes of at least 4 members (excludes halogenated alkanes) is 2. The number of aromatic nitrogens is 1. The van der Waals surface area contributed by atoms with Gasteiger partial charge in [-0.15, -0.1) is 0 Å². The average Bonchev–Trinajstić information content (AvgIpc) is 3.26. The van der Waals surface area contributed by atoms with Crippen LogP contribution in [0.15, 0.2) is 115 Å². The third-order valence-corrected chi connectivity index (χ3v) is 14.3. The van der Waals surface area contributed by atoms with Gasteiger partial charge < -0.3 is 19.2 Å². The summed E-state index contributed by atoms with van der Waals surface area (Å²) >= 11 is 0. The lowest BCUT2D eigenvalue weighted by Crippen LogP contribution is -2.43. The fourth-order valence-electron chi connectivity index (χ4n) is 8.25. The van der Waals surface area contributed by atoms with Gasteiger partial charge in [-0.2, -0.15) is 4.57 Å². The third-order valence-electron chi connectivity index (χ3n) is 11.9. The van der Waals surface area contributed by atoms with Gasteiger partial charge in [-0.3, -0.25) is 0 Å². The molecule has 5 aromatic rings. The van der Waals surface area contributed by atoms with E-state index in [1.807, 2.05) is 10.8 Å². The van der Waals surface area contributed by atoms with Gasteiger partial charge in [-0.25, -0.2) is 4.58 Å². The van der Waals surface area contributed by atoms with E-state index in [9.17, 15) is 0 Å². The van der Waals surface area contributed by atoms with Gasteiger partial charge >= 0.3 is 0 Å². The van der Waals surface area contributed by atoms with Crippen LogP contribution in [0.1, 0.15) is 55.3 Å². The van der Waals surface area contributed by atoms with E-state index < -0.39 is 0 Å². The van der Waals surface area contributed by atoms with E-state index in [0.717, 1.165) is 43.5 Å². The molecule has 8 heteroatoms. The van der Waals surface area contributed by atoms with E-state index >= 15 is 0 Å². The molecule has 0 amide bonds. The molecule has 4 aromatic carbocycles. The molecule has 1 aliphatic heterocycles. The average molecular weight is 856 g/mol. The van der Waals surface area contributed by atoms with Gasteiger partial charge in [-0.1, -0.05) is 82.3 Å². The number of pyridine rings is 1. The van der Waals surface area contributed by atoms with E-state index in [0.29, 0.717) is 0 Å². The zero-order valence-corrected chi connectivity index (χ0v) is 39.7. The first-order valence-electron chi connectivity index (χ1n) is 22.4. The summed E-state index contributed by atoms with van der Waals surface area (Å²) in [7, 11) is 19.7. The Kier molecular flexibility index (Phi) is 17.6. The van der Waals surface area contributed by atoms with Crippen LogP contribution in [0.5, 0.6) is 0 Å². The first-order chi connectivity index (χ1) is 29.6. The second-order valence-electron chi connectivity index (χ2n) is 17.5. The van der Waals surface area contributed by atoms with Gasteiger partial charge in [0.15, 0.2) is 6.20 Å². The minimum atomic E-state index is 1.04. The second kappa shape index (κ2) is 23.2. The van der Waals surface area contributed by atoms with Crippen LogP contribution in [0.2, 0.25) is 0 Å². The predicted molar refractivity (Wildman–Crippen MR) is 272 cm³/mol. The van der Waals surface area contributed by atoms with E-state index in [1.54, 1.807) is 0 Å². The number of aryl methyl sites for hydroxylation is 1. The summed E-state index contributed by atoms with van der Waals surface area (Å²) in [6.45, 7) is 6.84. The smallest absolute Gasteiger partial charge is 0.205 e. The van der Waals surface area contributed by atoms with Crippen LogP contribution in [-0.4, -0.2) is 114 Å². The number of benzene rings is 4. The molecule has 0 N–H and O–H groups in total. The van der Waals surface area contributed by atoms with Gasteiger partial charge in [0.2, 0.25) is 11.4 Å². The number of hydrogen-bond acceptors (Lipinski definition) is 5. The van der Waals surface area contributed by atoms with E-state index in [2.05, 4.69) is 218 Å². The van der Waals surface area contributed by atoms with Gasteiger partial charge in [0.05, 0.1) is 32.9 Å². The van der Waals surface area contributed by atoms with Gasteiger partial charge in [0, 0.05) is 113 Å². The molecule has 0 aliphatic carbocycles. The first-order valence-corrected chi connectivity index (χ1v) is 24.9. The number of nitrogens with zero attached hydrogens (tertiary/aromatic N) is 6. The minimum absolute atomic E-state index is 1.04. The summed E-state index contributed by atoms with van der Waals surface area (Å²) < 4.78 is 5.97. The van der Waals surface area contributed by atoms with E-state index in [4.69, 9.17) is 0 Å². The van der Waals surface area contributed by atoms with Crippen LogP contribution >= 0.6 is 21.6 Å². The number of allylic oxidation sites excluding steroid dienone is 2. The molecule has 0 unspecified atom stereocenters. The molecule has 0 spiro atoms. The number of hydrogen-bond donors (Lipinski definition) is 0. The molecule has 322 valence electrons. The Morgan fingerprint density at radius 2 is 1.18 bits per heavy atom. The molecule has 6 rings (SSSR count). The van der Waals surface area contributed by atoms with Crippen molar-refractivity contribution in [1.29, 1.82) is 0 Å². The lowest BCUT2D eigenvalue weighted by Gasteiger charge is -2.29. The van der Waals surface area contributed by atoms with Gasteiger partial charge in [0.1, 0.15) is 19.3 Å². The van der Waals surface area contributed by atoms with Crippen molar-refractivity contribution in [3.05, 3.63) is 132 Å². The molecular formula is C53H71N6S2+3. The van der Waals surface area contributed by atoms with Gasteiger partial charge in [0.25, 0.3) is 0 Å². The highest BCUT2D eigenvalue weighted by Crippen LogP contribution is 2.31. The highest BCUT2D eigenvalue weighted by Gasteiger charge is 2.17. The standard InChI is InChI=1S/C53H71N6S2/c1-54(2)52-32-28-44(48-22-8-10-24-50(48)52)26-30-46-20-12-14-35-57(46)37-17-16-34-56(5)39-42-60-61-43-41-59(6,7)40-19-18-38-58-36-15-13-21-47(58)31-27-45-29-33-53(55(3)4)51-25-11-9-23-49(45)51/h8-11,13,15,20-33,35-36H,12,14,16-19,34,37-43H2,1-7H3/q+3. The van der Waals surface area contributed by atoms with Crippen LogP contribution in [0, 0.1) is 0 Å². The van der Waals surface area contributed by atoms with Crippen LogP contribution in [0.25, 0.3) is 39.8 Å². The maximum absolute atomic E-state index is 2.52. The highest BCUT2D eigenvalue weighted by molar-refractivity contribution is 8.76. The van der Waals surface area contributed by atoms with Crippen molar-refractivity contribution in [3.63, 3.8) is 0 Å². The molecule has 1 aromatic heterocycles. The maximum Gasteiger partial charge on any atom is 0.205 e. The van der Waals surface area contributed by atoms with Crippen molar-refractivity contribution in [2.45, 2.75) is 45.1 Å². The fourth-order valence-corrected chi connectivity index (χ4v) is 10.6. The van der Waals surface area contributed by atoms with Crippen molar-refractivity contribution in [2.75, 3.05) is 103 Å². The summed E-state index contributed by atoms with van der Waals surface area (Å²) in [6, 6.07) is 33.0. The quantitative estimate of drug-likeness (QED) is 0.0281. The summed E-state index contributed by atoms with van der Waals surface area (Å²) in [5, 5.41) is 5.19. The number of rotatable bonds is 23. The Morgan fingerprint density at radius 1 is 0.574 bits per heavy atom. The van der Waals surface area contributed by atoms with Crippen LogP contribution in [0.4, 0.5) is 11.4 Å². The van der Waals surface area contributed by atoms with Crippen molar-refractivity contribution in [2.24, 2.45) is 0 Å². The second-order valence-corrected chi connectivity index (χ2v) is 20.2. The van der Waals surface area contributed by atoms with E-state index in [-0.39, 0.29) is 0 Å². The minimum Gasteiger partial charge on any atom is -0.377 e. The maximum atomic E-state index is 2.52. The van der Waals surface area contributed by atoms with Crippen molar-refractivity contribution >= 4 is 79.0 Å². The molecule has 0 radical (unpaired) electrons. The molecule has 0 bridgehead atoms. The zero-order valence-electron chi connectivity index (χ0n) is 38.1.